The molecule has 0 bridgehead atoms. The summed E-state index contributed by atoms with van der Waals surface area (Å²) in [5.41, 5.74) is 1.50. The number of aromatic amines is 1. The maximum atomic E-state index is 3.33. The van der Waals surface area contributed by atoms with Gasteiger partial charge in [0.1, 0.15) is 18.4 Å². The van der Waals surface area contributed by atoms with Gasteiger partial charge in [-0.15, -0.1) is 0 Å². The second-order valence-corrected chi connectivity index (χ2v) is 11.0. The van der Waals surface area contributed by atoms with E-state index in [1.54, 1.807) is 0 Å². The molecule has 0 radical (unpaired) electrons. The zero-order valence-electron chi connectivity index (χ0n) is 23.4. The molecule has 0 fully saturated rings. The Morgan fingerprint density at radius 2 is 1.14 bits per heavy atom. The second-order valence-electron chi connectivity index (χ2n) is 11.0. The van der Waals surface area contributed by atoms with E-state index in [2.05, 4.69) is 72.5 Å². The molecular weight excluding hydrogens is 424 g/mol. The largest absolute Gasteiger partial charge is 0.250 e. The first kappa shape index (κ1) is 29.7. The predicted molar refractivity (Wildman–Crippen MR) is 153 cm³/mol. The van der Waals surface area contributed by atoms with Gasteiger partial charge in [-0.1, -0.05) is 147 Å². The van der Waals surface area contributed by atoms with Crippen LogP contribution in [0.2, 0.25) is 0 Å². The molecule has 0 saturated carbocycles. The summed E-state index contributed by atoms with van der Waals surface area (Å²) < 4.78 is 2.49. The van der Waals surface area contributed by atoms with Crippen molar-refractivity contribution in [2.45, 2.75) is 148 Å². The van der Waals surface area contributed by atoms with Crippen molar-refractivity contribution >= 4 is 0 Å². The van der Waals surface area contributed by atoms with Gasteiger partial charge in [-0.05, 0) is 31.2 Å². The first-order valence-electron chi connectivity index (χ1n) is 15.4. The fraction of sp³-hybridized carbons (Fsp3) is 0.727. The average molecular weight is 482 g/mol. The molecule has 2 unspecified atom stereocenters. The molecule has 0 amide bonds. The maximum Gasteiger partial charge on any atom is 0.241 e. The minimum absolute atomic E-state index is 0.607. The second kappa shape index (κ2) is 20.6. The summed E-state index contributed by atoms with van der Waals surface area (Å²) in [6.07, 6.45) is 34.4. The van der Waals surface area contributed by atoms with Crippen LogP contribution in [0.25, 0.3) is 0 Å². The third-order valence-corrected chi connectivity index (χ3v) is 7.87. The number of imidazole rings is 1. The summed E-state index contributed by atoms with van der Waals surface area (Å²) in [5, 5.41) is 0. The summed E-state index contributed by atoms with van der Waals surface area (Å²) in [4.78, 5) is 3.33. The van der Waals surface area contributed by atoms with Gasteiger partial charge in [0.15, 0.2) is 0 Å². The highest BCUT2D eigenvalue weighted by molar-refractivity contribution is 5.15. The fourth-order valence-electron chi connectivity index (χ4n) is 5.69. The average Bonchev–Trinajstić information content (AvgIpc) is 3.41. The van der Waals surface area contributed by atoms with Gasteiger partial charge >= 0.3 is 0 Å². The zero-order valence-corrected chi connectivity index (χ0v) is 23.4. The molecule has 198 valence electrons. The van der Waals surface area contributed by atoms with Crippen LogP contribution in [0.4, 0.5) is 0 Å². The van der Waals surface area contributed by atoms with Gasteiger partial charge in [0.2, 0.25) is 6.33 Å². The molecule has 2 heteroatoms. The van der Waals surface area contributed by atoms with Crippen LogP contribution in [-0.2, 0) is 6.42 Å². The summed E-state index contributed by atoms with van der Waals surface area (Å²) in [5.74, 6) is 0.715. The van der Waals surface area contributed by atoms with Gasteiger partial charge in [0, 0.05) is 5.92 Å². The molecule has 2 atom stereocenters. The highest BCUT2D eigenvalue weighted by Crippen LogP contribution is 2.29. The molecule has 1 heterocycles. The van der Waals surface area contributed by atoms with Crippen LogP contribution in [0.1, 0.15) is 147 Å². The molecule has 0 aliphatic carbocycles. The van der Waals surface area contributed by atoms with Gasteiger partial charge in [0.05, 0.1) is 0 Å². The van der Waals surface area contributed by atoms with E-state index >= 15 is 0 Å². The van der Waals surface area contributed by atoms with E-state index in [-0.39, 0.29) is 0 Å². The number of hydrogen-bond acceptors (Lipinski definition) is 0. The number of H-pyrrole nitrogens is 1. The van der Waals surface area contributed by atoms with Gasteiger partial charge in [-0.25, -0.2) is 4.57 Å². The van der Waals surface area contributed by atoms with Crippen LogP contribution in [-0.4, -0.2) is 4.98 Å². The SMILES string of the molecule is CCCCCCCCCCCCC(Cc1ccccc1)C(CCCCCCCCC)[n+]1cc[nH]c1. The smallest absolute Gasteiger partial charge is 0.241 e. The number of hydrogen-bond donors (Lipinski definition) is 1. The van der Waals surface area contributed by atoms with Crippen LogP contribution in [0, 0.1) is 5.92 Å². The van der Waals surface area contributed by atoms with Gasteiger partial charge in [0.25, 0.3) is 0 Å². The Balaban J connectivity index is 1.83. The molecule has 2 nitrogen and oxygen atoms in total. The quantitative estimate of drug-likeness (QED) is 0.120. The standard InChI is InChI=1S/C33H56N2/c1-3-5-7-9-11-12-13-15-16-21-25-32(29-31-23-19-18-20-24-31)33(35-28-27-34-30-35)26-22-17-14-10-8-6-4-2/h18-20,23-24,27-28,30,32-33H,3-17,21-22,25-26,29H2,1-2H3/p+1. The predicted octanol–water partition coefficient (Wildman–Crippen LogP) is 10.2. The molecule has 2 rings (SSSR count). The molecular formula is C33H57N2+. The van der Waals surface area contributed by atoms with E-state index in [9.17, 15) is 0 Å². The van der Waals surface area contributed by atoms with Crippen molar-refractivity contribution in [1.29, 1.82) is 0 Å². The van der Waals surface area contributed by atoms with Crippen molar-refractivity contribution in [2.24, 2.45) is 5.92 Å². The Bertz CT molecular complexity index is 678. The number of benzene rings is 1. The lowest BCUT2D eigenvalue weighted by molar-refractivity contribution is -0.730. The highest BCUT2D eigenvalue weighted by Gasteiger charge is 2.26. The zero-order chi connectivity index (χ0) is 24.8. The number of rotatable bonds is 23. The lowest BCUT2D eigenvalue weighted by Crippen LogP contribution is -2.42. The summed E-state index contributed by atoms with van der Waals surface area (Å²) in [6.45, 7) is 4.61. The lowest BCUT2D eigenvalue weighted by atomic mass is 9.84. The van der Waals surface area contributed by atoms with Crippen LogP contribution in [0.5, 0.6) is 0 Å². The maximum absolute atomic E-state index is 3.33. The molecule has 35 heavy (non-hydrogen) atoms. The van der Waals surface area contributed by atoms with Gasteiger partial charge in [-0.3, -0.25) is 4.98 Å². The summed E-state index contributed by atoms with van der Waals surface area (Å²) >= 11 is 0. The Morgan fingerprint density at radius 1 is 0.629 bits per heavy atom. The fourth-order valence-corrected chi connectivity index (χ4v) is 5.69. The first-order chi connectivity index (χ1) is 17.3. The third kappa shape index (κ3) is 13.9. The molecule has 1 N–H and O–H groups in total. The Morgan fingerprint density at radius 3 is 1.66 bits per heavy atom. The van der Waals surface area contributed by atoms with Crippen LogP contribution < -0.4 is 4.57 Å². The van der Waals surface area contributed by atoms with E-state index in [4.69, 9.17) is 0 Å². The Kier molecular flexibility index (Phi) is 17.5. The van der Waals surface area contributed by atoms with Gasteiger partial charge in [-0.2, -0.15) is 0 Å². The van der Waals surface area contributed by atoms with Gasteiger partial charge < -0.3 is 0 Å². The van der Waals surface area contributed by atoms with E-state index in [1.165, 1.54) is 134 Å². The van der Waals surface area contributed by atoms with Crippen molar-refractivity contribution in [3.8, 4) is 0 Å². The number of nitrogens with one attached hydrogen (secondary N) is 1. The number of unbranched alkanes of at least 4 members (excludes halogenated alkanes) is 15. The van der Waals surface area contributed by atoms with E-state index in [1.807, 2.05) is 0 Å². The normalized spacial score (nSPS) is 13.2. The monoisotopic (exact) mass is 481 g/mol. The van der Waals surface area contributed by atoms with Crippen LogP contribution in [0.3, 0.4) is 0 Å². The molecule has 0 aliphatic heterocycles. The lowest BCUT2D eigenvalue weighted by Gasteiger charge is -2.25. The highest BCUT2D eigenvalue weighted by atomic mass is 15.1. The summed E-state index contributed by atoms with van der Waals surface area (Å²) in [6, 6.07) is 11.8. The molecule has 0 aliphatic rings. The Hall–Kier alpha value is -1.57. The summed E-state index contributed by atoms with van der Waals surface area (Å²) in [7, 11) is 0. The van der Waals surface area contributed by atoms with E-state index in [0.717, 1.165) is 0 Å². The van der Waals surface area contributed by atoms with Crippen molar-refractivity contribution in [3.05, 3.63) is 54.6 Å². The van der Waals surface area contributed by atoms with E-state index < -0.39 is 0 Å². The van der Waals surface area contributed by atoms with Crippen molar-refractivity contribution in [2.75, 3.05) is 0 Å². The van der Waals surface area contributed by atoms with Crippen molar-refractivity contribution < 1.29 is 4.57 Å². The molecule has 0 saturated heterocycles. The molecule has 2 aromatic rings. The minimum atomic E-state index is 0.607. The molecule has 1 aromatic heterocycles. The van der Waals surface area contributed by atoms with E-state index in [0.29, 0.717) is 12.0 Å². The van der Waals surface area contributed by atoms with Crippen molar-refractivity contribution in [3.63, 3.8) is 0 Å². The van der Waals surface area contributed by atoms with Crippen LogP contribution in [0.15, 0.2) is 49.1 Å². The third-order valence-electron chi connectivity index (χ3n) is 7.87. The topological polar surface area (TPSA) is 19.7 Å². The van der Waals surface area contributed by atoms with Crippen molar-refractivity contribution in [1.82, 2.24) is 4.98 Å². The number of aromatic nitrogens is 2. The minimum Gasteiger partial charge on any atom is -0.250 e. The Labute approximate surface area is 218 Å². The molecule has 0 spiro atoms. The van der Waals surface area contributed by atoms with Crippen LogP contribution >= 0.6 is 0 Å². The first-order valence-corrected chi connectivity index (χ1v) is 15.4. The number of nitrogens with zero attached hydrogens (tertiary/aromatic N) is 1. The molecule has 1 aromatic carbocycles.